The molecule has 0 spiro atoms. The van der Waals surface area contributed by atoms with Crippen molar-refractivity contribution in [1.29, 1.82) is 0 Å². The Kier molecular flexibility index (Phi) is 4.32. The molecule has 0 aliphatic carbocycles. The molecule has 1 fully saturated rings. The topological polar surface area (TPSA) is 66.5 Å². The Morgan fingerprint density at radius 3 is 2.45 bits per heavy atom. The van der Waals surface area contributed by atoms with E-state index in [9.17, 15) is 17.6 Å². The summed E-state index contributed by atoms with van der Waals surface area (Å²) in [5.74, 6) is -0.553. The monoisotopic (exact) mass is 328 g/mol. The first kappa shape index (κ1) is 16.9. The maximum Gasteiger partial charge on any atom is 0.241 e. The van der Waals surface area contributed by atoms with E-state index < -0.39 is 21.9 Å². The molecule has 0 radical (unpaired) electrons. The third kappa shape index (κ3) is 3.47. The van der Waals surface area contributed by atoms with Crippen LogP contribution in [0.4, 0.5) is 4.39 Å². The van der Waals surface area contributed by atoms with Crippen molar-refractivity contribution in [2.75, 3.05) is 6.54 Å². The zero-order valence-electron chi connectivity index (χ0n) is 13.2. The average Bonchev–Trinajstić information content (AvgIpc) is 2.68. The number of sulfonamides is 1. The maximum absolute atomic E-state index is 13.1. The van der Waals surface area contributed by atoms with Crippen LogP contribution in [-0.4, -0.2) is 37.4 Å². The average molecular weight is 328 g/mol. The van der Waals surface area contributed by atoms with Gasteiger partial charge in [0.15, 0.2) is 0 Å². The SMILES string of the molecule is Cc1cc(F)ccc1S(=O)(=O)NC1CC(=O)N(C(C)(C)C)C1. The lowest BCUT2D eigenvalue weighted by atomic mass is 10.1. The predicted molar refractivity (Wildman–Crippen MR) is 81.3 cm³/mol. The zero-order valence-corrected chi connectivity index (χ0v) is 14.0. The summed E-state index contributed by atoms with van der Waals surface area (Å²) >= 11 is 0. The van der Waals surface area contributed by atoms with Gasteiger partial charge in [0, 0.05) is 24.5 Å². The van der Waals surface area contributed by atoms with E-state index >= 15 is 0 Å². The van der Waals surface area contributed by atoms with E-state index in [0.29, 0.717) is 12.1 Å². The van der Waals surface area contributed by atoms with Crippen molar-refractivity contribution >= 4 is 15.9 Å². The highest BCUT2D eigenvalue weighted by Crippen LogP contribution is 2.24. The molecule has 122 valence electrons. The minimum atomic E-state index is -3.78. The molecular formula is C15H21FN2O3S. The van der Waals surface area contributed by atoms with Gasteiger partial charge in [0.1, 0.15) is 5.82 Å². The van der Waals surface area contributed by atoms with Crippen molar-refractivity contribution in [3.63, 3.8) is 0 Å². The standard InChI is InChI=1S/C15H21FN2O3S/c1-10-7-11(16)5-6-13(10)22(20,21)17-12-8-14(19)18(9-12)15(2,3)4/h5-7,12,17H,8-9H2,1-4H3. The molecule has 2 rings (SSSR count). The third-order valence-electron chi connectivity index (χ3n) is 3.68. The fourth-order valence-electron chi connectivity index (χ4n) is 2.63. The van der Waals surface area contributed by atoms with E-state index in [1.54, 1.807) is 11.8 Å². The van der Waals surface area contributed by atoms with Gasteiger partial charge in [-0.15, -0.1) is 0 Å². The summed E-state index contributed by atoms with van der Waals surface area (Å²) in [6.07, 6.45) is 0.136. The molecule has 1 aliphatic rings. The number of amides is 1. The second kappa shape index (κ2) is 5.62. The molecule has 7 heteroatoms. The number of halogens is 1. The molecule has 1 amide bonds. The van der Waals surface area contributed by atoms with Crippen molar-refractivity contribution in [2.45, 2.75) is 50.6 Å². The van der Waals surface area contributed by atoms with Gasteiger partial charge in [-0.3, -0.25) is 4.79 Å². The molecule has 5 nitrogen and oxygen atoms in total. The lowest BCUT2D eigenvalue weighted by Gasteiger charge is -2.32. The molecule has 1 aliphatic heterocycles. The van der Waals surface area contributed by atoms with Gasteiger partial charge < -0.3 is 4.90 Å². The van der Waals surface area contributed by atoms with E-state index in [1.165, 1.54) is 12.1 Å². The highest BCUT2D eigenvalue weighted by molar-refractivity contribution is 7.89. The first-order valence-corrected chi connectivity index (χ1v) is 8.58. The van der Waals surface area contributed by atoms with Crippen LogP contribution < -0.4 is 4.72 Å². The number of benzene rings is 1. The molecule has 0 bridgehead atoms. The first-order chi connectivity index (χ1) is 10.0. The van der Waals surface area contributed by atoms with Crippen LogP contribution >= 0.6 is 0 Å². The number of nitrogens with zero attached hydrogens (tertiary/aromatic N) is 1. The molecule has 22 heavy (non-hydrogen) atoms. The zero-order chi connectivity index (χ0) is 16.7. The Labute approximate surface area is 130 Å². The smallest absolute Gasteiger partial charge is 0.241 e. The summed E-state index contributed by atoms with van der Waals surface area (Å²) in [6, 6.07) is 3.06. The third-order valence-corrected chi connectivity index (χ3v) is 5.36. The number of rotatable bonds is 3. The van der Waals surface area contributed by atoms with Gasteiger partial charge in [-0.05, 0) is 51.5 Å². The van der Waals surface area contributed by atoms with E-state index in [0.717, 1.165) is 6.07 Å². The fourth-order valence-corrected chi connectivity index (χ4v) is 4.09. The predicted octanol–water partition coefficient (Wildman–Crippen LogP) is 1.81. The van der Waals surface area contributed by atoms with E-state index in [1.807, 2.05) is 20.8 Å². The molecule has 1 unspecified atom stereocenters. The number of aryl methyl sites for hydroxylation is 1. The number of hydrogen-bond acceptors (Lipinski definition) is 3. The lowest BCUT2D eigenvalue weighted by Crippen LogP contribution is -2.44. The van der Waals surface area contributed by atoms with Crippen LogP contribution in [0.2, 0.25) is 0 Å². The van der Waals surface area contributed by atoms with E-state index in [4.69, 9.17) is 0 Å². The summed E-state index contributed by atoms with van der Waals surface area (Å²) in [5.41, 5.74) is -0.00668. The summed E-state index contributed by atoms with van der Waals surface area (Å²) in [7, 11) is -3.78. The highest BCUT2D eigenvalue weighted by atomic mass is 32.2. The number of likely N-dealkylation sites (tertiary alicyclic amines) is 1. The summed E-state index contributed by atoms with van der Waals surface area (Å²) in [6.45, 7) is 7.60. The largest absolute Gasteiger partial charge is 0.336 e. The molecule has 1 aromatic rings. The number of carbonyl (C=O) groups is 1. The Morgan fingerprint density at radius 2 is 1.95 bits per heavy atom. The normalized spacial score (nSPS) is 19.8. The lowest BCUT2D eigenvalue weighted by molar-refractivity contribution is -0.131. The molecule has 1 aromatic carbocycles. The summed E-state index contributed by atoms with van der Waals surface area (Å²) in [5, 5.41) is 0. The second-order valence-corrected chi connectivity index (χ2v) is 8.29. The molecule has 0 aromatic heterocycles. The van der Waals surface area contributed by atoms with Gasteiger partial charge in [0.2, 0.25) is 15.9 Å². The van der Waals surface area contributed by atoms with E-state index in [-0.39, 0.29) is 22.8 Å². The number of hydrogen-bond donors (Lipinski definition) is 1. The molecule has 1 N–H and O–H groups in total. The summed E-state index contributed by atoms with van der Waals surface area (Å²) in [4.78, 5) is 13.7. The van der Waals surface area contributed by atoms with Gasteiger partial charge in [0.25, 0.3) is 0 Å². The van der Waals surface area contributed by atoms with Crippen LogP contribution in [-0.2, 0) is 14.8 Å². The van der Waals surface area contributed by atoms with Crippen molar-refractivity contribution in [3.8, 4) is 0 Å². The van der Waals surface area contributed by atoms with Crippen molar-refractivity contribution in [3.05, 3.63) is 29.6 Å². The Balaban J connectivity index is 2.19. The van der Waals surface area contributed by atoms with Gasteiger partial charge in [-0.25, -0.2) is 17.5 Å². The van der Waals surface area contributed by atoms with Crippen LogP contribution in [0.1, 0.15) is 32.8 Å². The Morgan fingerprint density at radius 1 is 1.32 bits per heavy atom. The summed E-state index contributed by atoms with van der Waals surface area (Å²) < 4.78 is 40.5. The molecular weight excluding hydrogens is 307 g/mol. The maximum atomic E-state index is 13.1. The van der Waals surface area contributed by atoms with Crippen molar-refractivity contribution in [1.82, 2.24) is 9.62 Å². The van der Waals surface area contributed by atoms with Crippen LogP contribution in [0.5, 0.6) is 0 Å². The number of carbonyl (C=O) groups excluding carboxylic acids is 1. The minimum Gasteiger partial charge on any atom is -0.336 e. The van der Waals surface area contributed by atoms with Gasteiger partial charge in [-0.2, -0.15) is 0 Å². The van der Waals surface area contributed by atoms with Crippen LogP contribution in [0.25, 0.3) is 0 Å². The van der Waals surface area contributed by atoms with Gasteiger partial charge >= 0.3 is 0 Å². The van der Waals surface area contributed by atoms with Crippen LogP contribution in [0.3, 0.4) is 0 Å². The highest BCUT2D eigenvalue weighted by Gasteiger charge is 2.38. The Bertz CT molecular complexity index is 695. The second-order valence-electron chi connectivity index (χ2n) is 6.61. The number of nitrogens with one attached hydrogen (secondary N) is 1. The van der Waals surface area contributed by atoms with E-state index in [2.05, 4.69) is 4.72 Å². The van der Waals surface area contributed by atoms with Crippen LogP contribution in [0.15, 0.2) is 23.1 Å². The minimum absolute atomic E-state index is 0.0376. The molecule has 1 atom stereocenters. The molecule has 1 heterocycles. The first-order valence-electron chi connectivity index (χ1n) is 7.09. The Hall–Kier alpha value is -1.47. The van der Waals surface area contributed by atoms with Crippen LogP contribution in [0, 0.1) is 12.7 Å². The van der Waals surface area contributed by atoms with Crippen molar-refractivity contribution < 1.29 is 17.6 Å². The van der Waals surface area contributed by atoms with Crippen molar-refractivity contribution in [2.24, 2.45) is 0 Å². The molecule has 0 saturated carbocycles. The molecule has 1 saturated heterocycles. The fraction of sp³-hybridized carbons (Fsp3) is 0.533. The van der Waals surface area contributed by atoms with Gasteiger partial charge in [-0.1, -0.05) is 0 Å². The quantitative estimate of drug-likeness (QED) is 0.920. The van der Waals surface area contributed by atoms with Gasteiger partial charge in [0.05, 0.1) is 4.90 Å².